The van der Waals surface area contributed by atoms with E-state index in [2.05, 4.69) is 0 Å². The molecule has 1 aromatic rings. The monoisotopic (exact) mass is 233 g/mol. The summed E-state index contributed by atoms with van der Waals surface area (Å²) >= 11 is 0. The van der Waals surface area contributed by atoms with Gasteiger partial charge in [0.2, 0.25) is 0 Å². The summed E-state index contributed by atoms with van der Waals surface area (Å²) in [4.78, 5) is 11.1. The maximum absolute atomic E-state index is 11.1. The van der Waals surface area contributed by atoms with Crippen LogP contribution in [0, 0.1) is 6.92 Å². The van der Waals surface area contributed by atoms with Crippen molar-refractivity contribution < 1.29 is 13.9 Å². The van der Waals surface area contributed by atoms with Crippen molar-refractivity contribution in [1.82, 2.24) is 0 Å². The Morgan fingerprint density at radius 1 is 1.60 bits per heavy atom. The molecule has 86 valence electrons. The van der Waals surface area contributed by atoms with E-state index in [0.717, 1.165) is 5.76 Å². The Kier molecular flexibility index (Phi) is 6.05. The summed E-state index contributed by atoms with van der Waals surface area (Å²) in [5.41, 5.74) is 5.74. The summed E-state index contributed by atoms with van der Waals surface area (Å²) in [6.07, 6.45) is 0.154. The van der Waals surface area contributed by atoms with Gasteiger partial charge in [-0.2, -0.15) is 0 Å². The largest absolute Gasteiger partial charge is 0.466 e. The predicted octanol–water partition coefficient (Wildman–Crippen LogP) is 1.96. The predicted molar refractivity (Wildman–Crippen MR) is 58.9 cm³/mol. The minimum Gasteiger partial charge on any atom is -0.466 e. The van der Waals surface area contributed by atoms with Crippen LogP contribution in [0.3, 0.4) is 0 Å². The Hall–Kier alpha value is -1.00. The molecule has 0 saturated carbocycles. The van der Waals surface area contributed by atoms with Crippen LogP contribution in [0.2, 0.25) is 0 Å². The molecule has 1 aromatic heterocycles. The van der Waals surface area contributed by atoms with Crippen LogP contribution in [0.4, 0.5) is 0 Å². The maximum Gasteiger partial charge on any atom is 0.307 e. The van der Waals surface area contributed by atoms with Crippen LogP contribution in [0.5, 0.6) is 0 Å². The first-order valence-corrected chi connectivity index (χ1v) is 4.61. The Labute approximate surface area is 95.2 Å². The normalized spacial score (nSPS) is 11.7. The third-order valence-corrected chi connectivity index (χ3v) is 1.82. The van der Waals surface area contributed by atoms with Crippen LogP contribution in [-0.2, 0) is 9.53 Å². The molecule has 1 heterocycles. The Morgan fingerprint density at radius 2 is 2.27 bits per heavy atom. The van der Waals surface area contributed by atoms with Crippen molar-refractivity contribution in [1.29, 1.82) is 0 Å². The van der Waals surface area contributed by atoms with E-state index >= 15 is 0 Å². The smallest absolute Gasteiger partial charge is 0.307 e. The van der Waals surface area contributed by atoms with Crippen molar-refractivity contribution in [2.24, 2.45) is 5.73 Å². The molecule has 0 aliphatic carbocycles. The second kappa shape index (κ2) is 6.48. The summed E-state index contributed by atoms with van der Waals surface area (Å²) in [6, 6.07) is 3.18. The van der Waals surface area contributed by atoms with Crippen LogP contribution in [-0.4, -0.2) is 12.6 Å². The minimum atomic E-state index is -0.414. The highest BCUT2D eigenvalue weighted by molar-refractivity contribution is 5.85. The zero-order chi connectivity index (χ0) is 10.6. The van der Waals surface area contributed by atoms with Crippen molar-refractivity contribution >= 4 is 18.4 Å². The van der Waals surface area contributed by atoms with E-state index < -0.39 is 6.04 Å². The van der Waals surface area contributed by atoms with Gasteiger partial charge in [0.05, 0.1) is 19.1 Å². The molecule has 0 radical (unpaired) electrons. The number of carbonyl (C=O) groups excluding carboxylic acids is 1. The molecule has 4 nitrogen and oxygen atoms in total. The molecular weight excluding hydrogens is 218 g/mol. The molecule has 2 N–H and O–H groups in total. The van der Waals surface area contributed by atoms with E-state index in [9.17, 15) is 4.79 Å². The van der Waals surface area contributed by atoms with Crippen LogP contribution < -0.4 is 5.73 Å². The fourth-order valence-electron chi connectivity index (χ4n) is 1.15. The fourth-order valence-corrected chi connectivity index (χ4v) is 1.15. The number of ether oxygens (including phenoxy) is 1. The standard InChI is InChI=1S/C10H15NO3.ClH/c1-3-13-10(12)6-8(11)9-5-4-7(2)14-9;/h4-5,8H,3,6,11H2,1-2H3;1H/t8-;/m1./s1. The second-order valence-corrected chi connectivity index (χ2v) is 3.06. The number of hydrogen-bond donors (Lipinski definition) is 1. The molecule has 0 fully saturated rings. The highest BCUT2D eigenvalue weighted by Crippen LogP contribution is 2.17. The maximum atomic E-state index is 11.1. The minimum absolute atomic E-state index is 0. The van der Waals surface area contributed by atoms with Crippen molar-refractivity contribution in [2.45, 2.75) is 26.3 Å². The first-order valence-electron chi connectivity index (χ1n) is 4.61. The van der Waals surface area contributed by atoms with Gasteiger partial charge >= 0.3 is 5.97 Å². The molecule has 15 heavy (non-hydrogen) atoms. The van der Waals surface area contributed by atoms with Gasteiger partial charge in [0, 0.05) is 0 Å². The molecule has 0 amide bonds. The van der Waals surface area contributed by atoms with E-state index in [0.29, 0.717) is 12.4 Å². The summed E-state index contributed by atoms with van der Waals surface area (Å²) in [6.45, 7) is 3.98. The molecule has 0 aliphatic rings. The molecule has 1 atom stereocenters. The molecule has 0 aliphatic heterocycles. The lowest BCUT2D eigenvalue weighted by atomic mass is 10.2. The van der Waals surface area contributed by atoms with Gasteiger partial charge in [-0.25, -0.2) is 0 Å². The van der Waals surface area contributed by atoms with Gasteiger partial charge in [0.1, 0.15) is 11.5 Å². The van der Waals surface area contributed by atoms with Crippen molar-refractivity contribution in [3.63, 3.8) is 0 Å². The van der Waals surface area contributed by atoms with Gasteiger partial charge in [0.15, 0.2) is 0 Å². The van der Waals surface area contributed by atoms with Crippen molar-refractivity contribution in [2.75, 3.05) is 6.61 Å². The van der Waals surface area contributed by atoms with Gasteiger partial charge in [0.25, 0.3) is 0 Å². The van der Waals surface area contributed by atoms with E-state index in [1.54, 1.807) is 13.0 Å². The Morgan fingerprint density at radius 3 is 2.73 bits per heavy atom. The average molecular weight is 234 g/mol. The number of rotatable bonds is 4. The van der Waals surface area contributed by atoms with Crippen LogP contribution in [0.25, 0.3) is 0 Å². The number of halogens is 1. The van der Waals surface area contributed by atoms with E-state index in [-0.39, 0.29) is 24.8 Å². The molecule has 0 bridgehead atoms. The molecule has 1 rings (SSSR count). The summed E-state index contributed by atoms with van der Waals surface area (Å²) in [5, 5.41) is 0. The number of esters is 1. The van der Waals surface area contributed by atoms with E-state index in [1.807, 2.05) is 13.0 Å². The topological polar surface area (TPSA) is 65.5 Å². The highest BCUT2D eigenvalue weighted by atomic mass is 35.5. The van der Waals surface area contributed by atoms with E-state index in [4.69, 9.17) is 14.9 Å². The molecule has 0 aromatic carbocycles. The molecule has 0 spiro atoms. The molecule has 0 unspecified atom stereocenters. The Bertz CT molecular complexity index is 311. The second-order valence-electron chi connectivity index (χ2n) is 3.06. The quantitative estimate of drug-likeness (QED) is 0.808. The summed E-state index contributed by atoms with van der Waals surface area (Å²) in [7, 11) is 0. The molecular formula is C10H16ClNO3. The summed E-state index contributed by atoms with van der Waals surface area (Å²) < 4.78 is 10.1. The van der Waals surface area contributed by atoms with Gasteiger partial charge < -0.3 is 14.9 Å². The lowest BCUT2D eigenvalue weighted by molar-refractivity contribution is -0.143. The number of carbonyl (C=O) groups is 1. The van der Waals surface area contributed by atoms with E-state index in [1.165, 1.54) is 0 Å². The zero-order valence-electron chi connectivity index (χ0n) is 8.86. The fraction of sp³-hybridized carbons (Fsp3) is 0.500. The average Bonchev–Trinajstić information content (AvgIpc) is 2.52. The number of furan rings is 1. The van der Waals surface area contributed by atoms with Gasteiger partial charge in [-0.15, -0.1) is 12.4 Å². The van der Waals surface area contributed by atoms with Gasteiger partial charge in [-0.3, -0.25) is 4.79 Å². The third-order valence-electron chi connectivity index (χ3n) is 1.82. The van der Waals surface area contributed by atoms with Gasteiger partial charge in [-0.05, 0) is 26.0 Å². The van der Waals surface area contributed by atoms with Crippen LogP contribution in [0.1, 0.15) is 30.9 Å². The van der Waals surface area contributed by atoms with Gasteiger partial charge in [-0.1, -0.05) is 0 Å². The van der Waals surface area contributed by atoms with Crippen LogP contribution >= 0.6 is 12.4 Å². The van der Waals surface area contributed by atoms with Crippen molar-refractivity contribution in [3.05, 3.63) is 23.7 Å². The molecule has 5 heteroatoms. The highest BCUT2D eigenvalue weighted by Gasteiger charge is 2.15. The number of aryl methyl sites for hydroxylation is 1. The summed E-state index contributed by atoms with van der Waals surface area (Å²) in [5.74, 6) is 1.11. The Balaban J connectivity index is 0.00000196. The number of nitrogens with two attached hydrogens (primary N) is 1. The molecule has 0 saturated heterocycles. The lowest BCUT2D eigenvalue weighted by Crippen LogP contribution is -2.16. The first-order chi connectivity index (χ1) is 6.63. The lowest BCUT2D eigenvalue weighted by Gasteiger charge is -2.07. The number of hydrogen-bond acceptors (Lipinski definition) is 4. The van der Waals surface area contributed by atoms with Crippen molar-refractivity contribution in [3.8, 4) is 0 Å². The third kappa shape index (κ3) is 4.36. The first kappa shape index (κ1) is 14.0. The zero-order valence-corrected chi connectivity index (χ0v) is 9.67. The van der Waals surface area contributed by atoms with Crippen LogP contribution in [0.15, 0.2) is 16.5 Å². The SMILES string of the molecule is CCOC(=O)C[C@@H](N)c1ccc(C)o1.Cl.